The second-order valence-corrected chi connectivity index (χ2v) is 7.92. The van der Waals surface area contributed by atoms with Crippen LogP contribution >= 0.6 is 0 Å². The Morgan fingerprint density at radius 2 is 1.32 bits per heavy atom. The van der Waals surface area contributed by atoms with Gasteiger partial charge in [0.1, 0.15) is 11.8 Å². The van der Waals surface area contributed by atoms with E-state index in [0.717, 1.165) is 20.8 Å². The molecule has 0 bridgehead atoms. The lowest BCUT2D eigenvalue weighted by molar-refractivity contribution is -0.334. The van der Waals surface area contributed by atoms with Crippen LogP contribution in [-0.4, -0.2) is 88.7 Å². The Morgan fingerprint density at radius 1 is 0.839 bits per heavy atom. The van der Waals surface area contributed by atoms with Crippen molar-refractivity contribution in [2.24, 2.45) is 0 Å². The van der Waals surface area contributed by atoms with Crippen molar-refractivity contribution < 1.29 is 44.7 Å². The van der Waals surface area contributed by atoms with Gasteiger partial charge in [0, 0.05) is 6.54 Å². The first-order chi connectivity index (χ1) is 14.2. The predicted molar refractivity (Wildman–Crippen MR) is 105 cm³/mol. The van der Waals surface area contributed by atoms with E-state index in [1.807, 2.05) is 0 Å². The minimum atomic E-state index is -3.65. The molecule has 0 saturated carbocycles. The van der Waals surface area contributed by atoms with Gasteiger partial charge in [-0.15, -0.1) is 0 Å². The number of ketones is 4. The minimum Gasteiger partial charge on any atom is -0.394 e. The number of carbonyl (C=O) groups excluding carboxylic acids is 4. The molecule has 1 saturated heterocycles. The van der Waals surface area contributed by atoms with Crippen LogP contribution in [0.4, 0.5) is 0 Å². The summed E-state index contributed by atoms with van der Waals surface area (Å²) in [6.07, 6.45) is -2.46. The molecule has 1 aromatic rings. The fraction of sp³-hybridized carbons (Fsp3) is 0.524. The Labute approximate surface area is 178 Å². The number of carbonyl (C=O) groups is 4. The largest absolute Gasteiger partial charge is 0.394 e. The highest BCUT2D eigenvalue weighted by Gasteiger charge is 2.84. The van der Waals surface area contributed by atoms with Gasteiger partial charge >= 0.3 is 0 Å². The summed E-state index contributed by atoms with van der Waals surface area (Å²) in [6.45, 7) is 1.28. The van der Waals surface area contributed by atoms with Crippen molar-refractivity contribution >= 4 is 23.1 Å². The second-order valence-electron chi connectivity index (χ2n) is 7.92. The van der Waals surface area contributed by atoms with Crippen molar-refractivity contribution in [1.29, 1.82) is 0 Å². The van der Waals surface area contributed by atoms with Crippen molar-refractivity contribution in [1.82, 2.24) is 4.90 Å². The van der Waals surface area contributed by atoms with Gasteiger partial charge in [0.15, 0.2) is 28.7 Å². The lowest BCUT2D eigenvalue weighted by Crippen LogP contribution is -2.94. The van der Waals surface area contributed by atoms with Gasteiger partial charge in [0.25, 0.3) is 0 Å². The first kappa shape index (κ1) is 24.9. The third kappa shape index (κ3) is 2.87. The normalized spacial score (nSPS) is 36.1. The van der Waals surface area contributed by atoms with E-state index in [1.54, 1.807) is 30.3 Å². The molecule has 1 aliphatic rings. The van der Waals surface area contributed by atoms with Crippen molar-refractivity contribution in [2.75, 3.05) is 6.61 Å². The molecule has 1 unspecified atom stereocenters. The molecule has 31 heavy (non-hydrogen) atoms. The Bertz CT molecular complexity index is 919. The molecule has 0 radical (unpaired) electrons. The van der Waals surface area contributed by atoms with Crippen molar-refractivity contribution in [3.8, 4) is 0 Å². The molecule has 0 aromatic heterocycles. The summed E-state index contributed by atoms with van der Waals surface area (Å²) >= 11 is 0. The summed E-state index contributed by atoms with van der Waals surface area (Å²) in [5, 5.41) is 55.6. The van der Waals surface area contributed by atoms with E-state index < -0.39 is 64.9 Å². The molecule has 5 N–H and O–H groups in total. The molecular weight excluding hydrogens is 410 g/mol. The number of rotatable bonds is 7. The molecule has 1 heterocycles. The maximum atomic E-state index is 12.9. The summed E-state index contributed by atoms with van der Waals surface area (Å²) in [5.41, 5.74) is -12.9. The second kappa shape index (κ2) is 7.97. The molecule has 1 aliphatic heterocycles. The summed E-state index contributed by atoms with van der Waals surface area (Å²) in [6, 6.07) is 8.01. The fourth-order valence-electron chi connectivity index (χ4n) is 4.68. The predicted octanol–water partition coefficient (Wildman–Crippen LogP) is -1.90. The summed E-state index contributed by atoms with van der Waals surface area (Å²) in [4.78, 5) is 51.5. The maximum absolute atomic E-state index is 12.9. The third-order valence-corrected chi connectivity index (χ3v) is 6.40. The number of hydrogen-bond donors (Lipinski definition) is 5. The fourth-order valence-corrected chi connectivity index (χ4v) is 4.68. The molecule has 1 aromatic carbocycles. The number of aliphatic hydroxyl groups is 5. The summed E-state index contributed by atoms with van der Waals surface area (Å²) in [7, 11) is 0. The minimum absolute atomic E-state index is 0.408. The first-order valence-electron chi connectivity index (χ1n) is 9.52. The zero-order valence-corrected chi connectivity index (χ0v) is 17.7. The molecule has 0 spiro atoms. The Balaban J connectivity index is 3.04. The van der Waals surface area contributed by atoms with Crippen molar-refractivity contribution in [3.05, 3.63) is 35.9 Å². The van der Waals surface area contributed by atoms with E-state index in [4.69, 9.17) is 0 Å². The lowest BCUT2D eigenvalue weighted by Gasteiger charge is -2.65. The van der Waals surface area contributed by atoms with Gasteiger partial charge in [-0.1, -0.05) is 30.3 Å². The van der Waals surface area contributed by atoms with E-state index >= 15 is 0 Å². The van der Waals surface area contributed by atoms with Crippen LogP contribution in [0.15, 0.2) is 30.3 Å². The number of Topliss-reactive ketones (excluding diaryl/α,β-unsaturated/α-hetero) is 4. The van der Waals surface area contributed by atoms with Crippen LogP contribution in [0.1, 0.15) is 33.3 Å². The highest BCUT2D eigenvalue weighted by molar-refractivity contribution is 6.10. The molecule has 10 heteroatoms. The standard InChI is InChI=1S/C21H27NO9/c1-12(24)18(11-23)20(30,14(3)26)21(31,15(4)27)19(29,13(2)25)17(28)22(18)10-16-8-6-5-7-9-16/h5-9,17,23,28-31H,10-11H2,1-4H3/t17?,18-,19+,20+,21+/m0/s1. The van der Waals surface area contributed by atoms with Crippen LogP contribution in [0.3, 0.4) is 0 Å². The highest BCUT2D eigenvalue weighted by atomic mass is 16.4. The number of piperidine rings is 1. The molecule has 5 atom stereocenters. The van der Waals surface area contributed by atoms with Gasteiger partial charge in [-0.05, 0) is 33.3 Å². The smallest absolute Gasteiger partial charge is 0.201 e. The topological polar surface area (TPSA) is 173 Å². The van der Waals surface area contributed by atoms with Crippen LogP contribution in [0.25, 0.3) is 0 Å². The molecule has 10 nitrogen and oxygen atoms in total. The zero-order valence-electron chi connectivity index (χ0n) is 17.7. The van der Waals surface area contributed by atoms with Crippen molar-refractivity contribution in [3.63, 3.8) is 0 Å². The average molecular weight is 437 g/mol. The molecule has 1 fully saturated rings. The van der Waals surface area contributed by atoms with Gasteiger partial charge in [-0.3, -0.25) is 24.1 Å². The van der Waals surface area contributed by atoms with Crippen molar-refractivity contribution in [2.45, 2.75) is 62.8 Å². The molecule has 170 valence electrons. The van der Waals surface area contributed by atoms with Crippen LogP contribution < -0.4 is 0 Å². The number of hydrogen-bond acceptors (Lipinski definition) is 10. The first-order valence-corrected chi connectivity index (χ1v) is 9.52. The SMILES string of the molecule is CC(=O)[C@]1(O)[C@@](O)(C(C)=O)[C@](CO)(C(C)=O)N(Cc2ccccc2)C(O)[C@]1(O)C(C)=O. The number of likely N-dealkylation sites (tertiary alicyclic amines) is 1. The lowest BCUT2D eigenvalue weighted by atomic mass is 9.52. The zero-order chi connectivity index (χ0) is 24.0. The molecule has 2 rings (SSSR count). The monoisotopic (exact) mass is 437 g/mol. The van der Waals surface area contributed by atoms with Gasteiger partial charge in [0.05, 0.1) is 6.61 Å². The Kier molecular flexibility index (Phi) is 6.41. The summed E-state index contributed by atoms with van der Waals surface area (Å²) < 4.78 is 0. The third-order valence-electron chi connectivity index (χ3n) is 6.40. The Hall–Kier alpha value is -2.34. The van der Waals surface area contributed by atoms with Crippen LogP contribution in [0.5, 0.6) is 0 Å². The van der Waals surface area contributed by atoms with E-state index in [9.17, 15) is 44.7 Å². The van der Waals surface area contributed by atoms with Crippen LogP contribution in [0, 0.1) is 0 Å². The molecule has 0 aliphatic carbocycles. The summed E-state index contributed by atoms with van der Waals surface area (Å²) in [5.74, 6) is -5.27. The number of nitrogens with zero attached hydrogens (tertiary/aromatic N) is 1. The van der Waals surface area contributed by atoms with E-state index in [2.05, 4.69) is 0 Å². The molecular formula is C21H27NO9. The number of benzene rings is 1. The molecule has 0 amide bonds. The van der Waals surface area contributed by atoms with Gasteiger partial charge in [-0.2, -0.15) is 0 Å². The van der Waals surface area contributed by atoms with Crippen LogP contribution in [-0.2, 0) is 25.7 Å². The Morgan fingerprint density at radius 3 is 1.68 bits per heavy atom. The van der Waals surface area contributed by atoms with E-state index in [1.165, 1.54) is 0 Å². The maximum Gasteiger partial charge on any atom is 0.201 e. The number of aliphatic hydroxyl groups excluding tert-OH is 2. The van der Waals surface area contributed by atoms with E-state index in [-0.39, 0.29) is 0 Å². The van der Waals surface area contributed by atoms with Crippen LogP contribution in [0.2, 0.25) is 0 Å². The van der Waals surface area contributed by atoms with Gasteiger partial charge in [-0.25, -0.2) is 0 Å². The average Bonchev–Trinajstić information content (AvgIpc) is 2.70. The highest BCUT2D eigenvalue weighted by Crippen LogP contribution is 2.52. The van der Waals surface area contributed by atoms with Gasteiger partial charge < -0.3 is 25.5 Å². The quantitative estimate of drug-likeness (QED) is 0.324. The van der Waals surface area contributed by atoms with E-state index in [0.29, 0.717) is 17.4 Å². The van der Waals surface area contributed by atoms with Gasteiger partial charge in [0.2, 0.25) is 11.2 Å².